The number of nitrogens with zero attached hydrogens (tertiary/aromatic N) is 1. The van der Waals surface area contributed by atoms with Crippen LogP contribution in [0.2, 0.25) is 0 Å². The van der Waals surface area contributed by atoms with Gasteiger partial charge in [-0.1, -0.05) is 0 Å². The maximum atomic E-state index is 12.4. The lowest BCUT2D eigenvalue weighted by Crippen LogP contribution is -2.20. The fraction of sp³-hybridized carbons (Fsp3) is 0.455. The van der Waals surface area contributed by atoms with Crippen molar-refractivity contribution in [3.63, 3.8) is 0 Å². The Bertz CT molecular complexity index is 493. The zero-order chi connectivity index (χ0) is 15.3. The van der Waals surface area contributed by atoms with Gasteiger partial charge in [-0.15, -0.1) is 13.2 Å². The first-order valence-electron chi connectivity index (χ1n) is 5.41. The normalized spacial score (nSPS) is 11.1. The number of methoxy groups -OCH3 is 1. The maximum absolute atomic E-state index is 12.4. The molecule has 1 aromatic heterocycles. The second-order valence-electron chi connectivity index (χ2n) is 3.45. The number of pyridine rings is 1. The van der Waals surface area contributed by atoms with Crippen LogP contribution in [0.3, 0.4) is 0 Å². The van der Waals surface area contributed by atoms with Gasteiger partial charge >= 0.3 is 12.3 Å². The Kier molecular flexibility index (Phi) is 5.84. The minimum absolute atomic E-state index is 0.0271. The van der Waals surface area contributed by atoms with Crippen molar-refractivity contribution in [2.45, 2.75) is 19.7 Å². The first-order valence-corrected chi connectivity index (χ1v) is 6.49. The number of halogens is 4. The molecule has 0 atom stereocenters. The Morgan fingerprint density at radius 2 is 2.10 bits per heavy atom. The van der Waals surface area contributed by atoms with Gasteiger partial charge in [0.25, 0.3) is 0 Å². The van der Waals surface area contributed by atoms with Gasteiger partial charge < -0.3 is 14.2 Å². The van der Waals surface area contributed by atoms with Gasteiger partial charge in [0.1, 0.15) is 3.70 Å². The molecule has 0 N–H and O–H groups in total. The summed E-state index contributed by atoms with van der Waals surface area (Å²) in [6, 6.07) is 0. The van der Waals surface area contributed by atoms with Crippen molar-refractivity contribution in [3.05, 3.63) is 15.5 Å². The van der Waals surface area contributed by atoms with Gasteiger partial charge in [-0.25, -0.2) is 4.98 Å². The highest BCUT2D eigenvalue weighted by Crippen LogP contribution is 2.37. The molecule has 0 amide bonds. The van der Waals surface area contributed by atoms with Gasteiger partial charge in [0, 0.05) is 5.56 Å². The number of rotatable bonds is 5. The second kappa shape index (κ2) is 6.95. The molecule has 5 nitrogen and oxygen atoms in total. The van der Waals surface area contributed by atoms with Crippen LogP contribution >= 0.6 is 22.6 Å². The lowest BCUT2D eigenvalue weighted by Gasteiger charge is -2.16. The van der Waals surface area contributed by atoms with Crippen molar-refractivity contribution >= 4 is 28.6 Å². The Hall–Kier alpha value is -1.26. The first kappa shape index (κ1) is 16.8. The monoisotopic (exact) mass is 405 g/mol. The lowest BCUT2D eigenvalue weighted by atomic mass is 10.2. The molecule has 1 aromatic rings. The molecular weight excluding hydrogens is 394 g/mol. The topological polar surface area (TPSA) is 57.7 Å². The minimum atomic E-state index is -4.90. The van der Waals surface area contributed by atoms with Crippen molar-refractivity contribution in [3.8, 4) is 11.5 Å². The van der Waals surface area contributed by atoms with Gasteiger partial charge in [0.2, 0.25) is 0 Å². The second-order valence-corrected chi connectivity index (χ2v) is 4.48. The third kappa shape index (κ3) is 4.69. The van der Waals surface area contributed by atoms with E-state index in [1.54, 1.807) is 29.5 Å². The standard InChI is InChI=1S/C11H11F3INO4/c1-3-19-8(17)4-6-9(20-11(12,13)14)7(18-2)5-16-10(6)15/h5H,3-4H2,1-2H3. The number of esters is 1. The van der Waals surface area contributed by atoms with Gasteiger partial charge in [0.05, 0.1) is 26.3 Å². The molecule has 0 aromatic carbocycles. The predicted molar refractivity (Wildman–Crippen MR) is 70.5 cm³/mol. The number of hydrogen-bond donors (Lipinski definition) is 0. The van der Waals surface area contributed by atoms with E-state index in [1.807, 2.05) is 0 Å². The molecule has 9 heteroatoms. The van der Waals surface area contributed by atoms with E-state index in [9.17, 15) is 18.0 Å². The molecule has 0 spiro atoms. The van der Waals surface area contributed by atoms with Crippen LogP contribution in [-0.2, 0) is 16.0 Å². The fourth-order valence-electron chi connectivity index (χ4n) is 1.38. The summed E-state index contributed by atoms with van der Waals surface area (Å²) in [5.41, 5.74) is -0.0271. The number of carbonyl (C=O) groups is 1. The largest absolute Gasteiger partial charge is 0.573 e. The van der Waals surface area contributed by atoms with Gasteiger partial charge in [-0.05, 0) is 29.5 Å². The molecule has 1 heterocycles. The van der Waals surface area contributed by atoms with Crippen LogP contribution in [0.25, 0.3) is 0 Å². The molecule has 0 saturated carbocycles. The summed E-state index contributed by atoms with van der Waals surface area (Å²) in [4.78, 5) is 15.3. The van der Waals surface area contributed by atoms with E-state index in [2.05, 4.69) is 9.72 Å². The van der Waals surface area contributed by atoms with Crippen LogP contribution in [0.4, 0.5) is 13.2 Å². The Morgan fingerprint density at radius 3 is 2.60 bits per heavy atom. The van der Waals surface area contributed by atoms with E-state index in [0.717, 1.165) is 6.20 Å². The van der Waals surface area contributed by atoms with E-state index in [1.165, 1.54) is 7.11 Å². The summed E-state index contributed by atoms with van der Waals surface area (Å²) >= 11 is 1.71. The van der Waals surface area contributed by atoms with Crippen molar-refractivity contribution in [1.29, 1.82) is 0 Å². The highest BCUT2D eigenvalue weighted by Gasteiger charge is 2.35. The summed E-state index contributed by atoms with van der Waals surface area (Å²) in [5.74, 6) is -1.46. The molecule has 0 radical (unpaired) electrons. The lowest BCUT2D eigenvalue weighted by molar-refractivity contribution is -0.275. The Balaban J connectivity index is 3.21. The molecule has 1 rings (SSSR count). The molecular formula is C11H11F3INO4. The van der Waals surface area contributed by atoms with E-state index < -0.39 is 18.1 Å². The third-order valence-corrected chi connectivity index (χ3v) is 3.04. The average molecular weight is 405 g/mol. The zero-order valence-corrected chi connectivity index (χ0v) is 12.7. The maximum Gasteiger partial charge on any atom is 0.573 e. The van der Waals surface area contributed by atoms with Crippen molar-refractivity contribution in [2.24, 2.45) is 0 Å². The van der Waals surface area contributed by atoms with Gasteiger partial charge in [-0.2, -0.15) is 0 Å². The molecule has 0 aliphatic rings. The molecule has 0 aliphatic carbocycles. The summed E-state index contributed by atoms with van der Waals surface area (Å²) in [6.45, 7) is 1.72. The molecule has 0 aliphatic heterocycles. The number of aromatic nitrogens is 1. The summed E-state index contributed by atoms with van der Waals surface area (Å²) < 4.78 is 51.0. The van der Waals surface area contributed by atoms with E-state index in [4.69, 9.17) is 9.47 Å². The zero-order valence-electron chi connectivity index (χ0n) is 10.6. The predicted octanol–water partition coefficient (Wildman–Crippen LogP) is 2.70. The van der Waals surface area contributed by atoms with Crippen LogP contribution in [-0.4, -0.2) is 31.0 Å². The Labute approximate surface area is 126 Å². The summed E-state index contributed by atoms with van der Waals surface area (Å²) in [5, 5.41) is 0. The number of carbonyl (C=O) groups excluding carboxylic acids is 1. The molecule has 0 bridgehead atoms. The summed E-state index contributed by atoms with van der Waals surface area (Å²) in [7, 11) is 1.18. The minimum Gasteiger partial charge on any atom is -0.491 e. The third-order valence-electron chi connectivity index (χ3n) is 2.11. The van der Waals surface area contributed by atoms with Crippen molar-refractivity contribution in [2.75, 3.05) is 13.7 Å². The smallest absolute Gasteiger partial charge is 0.491 e. The molecule has 0 unspecified atom stereocenters. The molecule has 20 heavy (non-hydrogen) atoms. The van der Waals surface area contributed by atoms with Crippen LogP contribution < -0.4 is 9.47 Å². The molecule has 0 saturated heterocycles. The van der Waals surface area contributed by atoms with Crippen LogP contribution in [0.5, 0.6) is 11.5 Å². The first-order chi connectivity index (χ1) is 9.28. The van der Waals surface area contributed by atoms with Crippen LogP contribution in [0.15, 0.2) is 6.20 Å². The van der Waals surface area contributed by atoms with Crippen LogP contribution in [0.1, 0.15) is 12.5 Å². The Morgan fingerprint density at radius 1 is 1.45 bits per heavy atom. The van der Waals surface area contributed by atoms with E-state index in [-0.39, 0.29) is 28.0 Å². The van der Waals surface area contributed by atoms with E-state index >= 15 is 0 Å². The SMILES string of the molecule is CCOC(=O)Cc1c(I)ncc(OC)c1OC(F)(F)F. The van der Waals surface area contributed by atoms with Gasteiger partial charge in [-0.3, -0.25) is 4.79 Å². The molecule has 112 valence electrons. The number of ether oxygens (including phenoxy) is 3. The van der Waals surface area contributed by atoms with E-state index in [0.29, 0.717) is 0 Å². The van der Waals surface area contributed by atoms with Crippen molar-refractivity contribution in [1.82, 2.24) is 4.98 Å². The average Bonchev–Trinajstić information content (AvgIpc) is 2.32. The highest BCUT2D eigenvalue weighted by atomic mass is 127. The molecule has 0 fully saturated rings. The van der Waals surface area contributed by atoms with Gasteiger partial charge in [0.15, 0.2) is 11.5 Å². The number of hydrogen-bond acceptors (Lipinski definition) is 5. The fourth-order valence-corrected chi connectivity index (χ4v) is 1.95. The summed E-state index contributed by atoms with van der Waals surface area (Å²) in [6.07, 6.45) is -4.19. The quantitative estimate of drug-likeness (QED) is 0.429. The van der Waals surface area contributed by atoms with Crippen LogP contribution in [0, 0.1) is 3.70 Å². The van der Waals surface area contributed by atoms with Crippen molar-refractivity contribution < 1.29 is 32.2 Å². The number of alkyl halides is 3. The highest BCUT2D eigenvalue weighted by molar-refractivity contribution is 14.1.